The average molecular weight is 479 g/mol. The Hall–Kier alpha value is -4.77. The van der Waals surface area contributed by atoms with E-state index in [0.717, 1.165) is 0 Å². The Balaban J connectivity index is 2.00. The number of rotatable bonds is 4. The molecule has 11 heteroatoms. The number of fused-ring (bicyclic) bond motifs is 1. The van der Waals surface area contributed by atoms with Crippen molar-refractivity contribution in [2.45, 2.75) is 20.0 Å². The van der Waals surface area contributed by atoms with Crippen molar-refractivity contribution in [1.82, 2.24) is 19.6 Å². The Morgan fingerprint density at radius 3 is 2.51 bits per heavy atom. The number of hydrogen-bond acceptors (Lipinski definition) is 6. The molecule has 0 saturated heterocycles. The molecule has 0 fully saturated rings. The van der Waals surface area contributed by atoms with Crippen LogP contribution in [-0.4, -0.2) is 26.7 Å². The van der Waals surface area contributed by atoms with Crippen molar-refractivity contribution >= 4 is 11.4 Å². The summed E-state index contributed by atoms with van der Waals surface area (Å²) in [6, 6.07) is 7.40. The number of nitrogens with one attached hydrogen (secondary N) is 1. The zero-order valence-electron chi connectivity index (χ0n) is 18.6. The number of nitrogens with zero attached hydrogens (tertiary/aromatic N) is 4. The van der Waals surface area contributed by atoms with Crippen molar-refractivity contribution in [3.8, 4) is 41.0 Å². The molecule has 8 nitrogen and oxygen atoms in total. The van der Waals surface area contributed by atoms with Gasteiger partial charge in [0.1, 0.15) is 22.7 Å². The molecule has 0 amide bonds. The standard InChI is InChI=1S/C24H16F3N5O3/c1-5-6-16(34-4)19-13(3)35-22(30-19)17-12(2)29-21-18(15-9-7-14(11-28)8-10-15)20(24(25,26)27)31-32(21)23(17)33/h1,6-10,29H,2-4H3/b16-6+. The Kier molecular flexibility index (Phi) is 5.71. The third-order valence-electron chi connectivity index (χ3n) is 5.22. The molecule has 176 valence electrons. The molecule has 0 aliphatic heterocycles. The minimum absolute atomic E-state index is 0.106. The summed E-state index contributed by atoms with van der Waals surface area (Å²) in [5.74, 6) is 2.68. The summed E-state index contributed by atoms with van der Waals surface area (Å²) < 4.78 is 53.2. The molecule has 3 heterocycles. The van der Waals surface area contributed by atoms with Crippen molar-refractivity contribution < 1.29 is 22.3 Å². The molecule has 4 aromatic rings. The quantitative estimate of drug-likeness (QED) is 0.342. The second kappa shape index (κ2) is 8.54. The number of halogens is 3. The van der Waals surface area contributed by atoms with Crippen LogP contribution in [-0.2, 0) is 10.9 Å². The summed E-state index contributed by atoms with van der Waals surface area (Å²) in [6.45, 7) is 3.09. The van der Waals surface area contributed by atoms with Crippen molar-refractivity contribution in [3.05, 3.63) is 69.1 Å². The first-order chi connectivity index (χ1) is 16.6. The van der Waals surface area contributed by atoms with E-state index in [-0.39, 0.29) is 56.7 Å². The van der Waals surface area contributed by atoms with Gasteiger partial charge in [0.15, 0.2) is 11.5 Å². The lowest BCUT2D eigenvalue weighted by atomic mass is 10.0. The highest BCUT2D eigenvalue weighted by Crippen LogP contribution is 2.38. The Labute approximate surface area is 196 Å². The van der Waals surface area contributed by atoms with Crippen LogP contribution in [0.5, 0.6) is 0 Å². The normalized spacial score (nSPS) is 11.9. The lowest BCUT2D eigenvalue weighted by molar-refractivity contribution is -0.140. The van der Waals surface area contributed by atoms with E-state index in [1.165, 1.54) is 44.4 Å². The second-order valence-electron chi connectivity index (χ2n) is 7.40. The third kappa shape index (κ3) is 3.93. The van der Waals surface area contributed by atoms with Crippen LogP contribution < -0.4 is 5.56 Å². The van der Waals surface area contributed by atoms with E-state index in [9.17, 15) is 18.0 Å². The zero-order valence-corrected chi connectivity index (χ0v) is 18.6. The number of H-pyrrole nitrogens is 1. The Morgan fingerprint density at radius 2 is 1.94 bits per heavy atom. The summed E-state index contributed by atoms with van der Waals surface area (Å²) in [4.78, 5) is 20.5. The maximum Gasteiger partial charge on any atom is 0.435 e. The molecule has 1 aromatic carbocycles. The van der Waals surface area contributed by atoms with Gasteiger partial charge in [0.25, 0.3) is 5.56 Å². The van der Waals surface area contributed by atoms with E-state index >= 15 is 0 Å². The number of alkyl halides is 3. The van der Waals surface area contributed by atoms with Crippen LogP contribution in [0.3, 0.4) is 0 Å². The Bertz CT molecular complexity index is 1630. The van der Waals surface area contributed by atoms with E-state index in [0.29, 0.717) is 4.52 Å². The minimum Gasteiger partial charge on any atom is -0.494 e. The molecule has 0 bridgehead atoms. The second-order valence-corrected chi connectivity index (χ2v) is 7.40. The van der Waals surface area contributed by atoms with Crippen molar-refractivity contribution in [2.24, 2.45) is 0 Å². The number of nitriles is 1. The summed E-state index contributed by atoms with van der Waals surface area (Å²) in [5, 5.41) is 12.6. The maximum atomic E-state index is 13.9. The molecule has 1 N–H and O–H groups in total. The molecule has 0 unspecified atom stereocenters. The molecule has 0 radical (unpaired) electrons. The van der Waals surface area contributed by atoms with E-state index in [2.05, 4.69) is 21.0 Å². The first-order valence-electron chi connectivity index (χ1n) is 10.0. The van der Waals surface area contributed by atoms with Gasteiger partial charge in [0, 0.05) is 11.8 Å². The van der Waals surface area contributed by atoms with Crippen molar-refractivity contribution in [3.63, 3.8) is 0 Å². The molecule has 4 rings (SSSR count). The van der Waals surface area contributed by atoms with Gasteiger partial charge >= 0.3 is 6.18 Å². The van der Waals surface area contributed by atoms with Gasteiger partial charge in [0.2, 0.25) is 5.89 Å². The molecular formula is C24H16F3N5O3. The average Bonchev–Trinajstić information content (AvgIpc) is 3.38. The first kappa shape index (κ1) is 23.4. The Morgan fingerprint density at radius 1 is 1.26 bits per heavy atom. The van der Waals surface area contributed by atoms with E-state index in [4.69, 9.17) is 20.8 Å². The smallest absolute Gasteiger partial charge is 0.435 e. The lowest BCUT2D eigenvalue weighted by Crippen LogP contribution is -2.20. The summed E-state index contributed by atoms with van der Waals surface area (Å²) in [7, 11) is 1.38. The van der Waals surface area contributed by atoms with Crippen LogP contribution >= 0.6 is 0 Å². The van der Waals surface area contributed by atoms with Gasteiger partial charge in [-0.05, 0) is 31.5 Å². The lowest BCUT2D eigenvalue weighted by Gasteiger charge is -2.07. The molecule has 0 spiro atoms. The summed E-state index contributed by atoms with van der Waals surface area (Å²) >= 11 is 0. The number of terminal acetylenes is 1. The zero-order chi connectivity index (χ0) is 25.5. The topological polar surface area (TPSA) is 109 Å². The molecule has 0 aliphatic carbocycles. The fraction of sp³-hybridized carbons (Fsp3) is 0.167. The number of allylic oxidation sites excluding steroid dienone is 1. The van der Waals surface area contributed by atoms with Gasteiger partial charge in [-0.3, -0.25) is 4.79 Å². The molecular weight excluding hydrogens is 463 g/mol. The highest BCUT2D eigenvalue weighted by molar-refractivity contribution is 5.81. The van der Waals surface area contributed by atoms with Gasteiger partial charge < -0.3 is 14.1 Å². The van der Waals surface area contributed by atoms with Crippen LogP contribution in [0.4, 0.5) is 13.2 Å². The number of methoxy groups -OCH3 is 1. The van der Waals surface area contributed by atoms with Gasteiger partial charge in [-0.15, -0.1) is 6.42 Å². The number of ether oxygens (including phenoxy) is 1. The fourth-order valence-corrected chi connectivity index (χ4v) is 3.65. The number of aryl methyl sites for hydroxylation is 2. The van der Waals surface area contributed by atoms with Crippen LogP contribution in [0.1, 0.15) is 28.4 Å². The fourth-order valence-electron chi connectivity index (χ4n) is 3.65. The van der Waals surface area contributed by atoms with Crippen LogP contribution in [0.15, 0.2) is 39.6 Å². The van der Waals surface area contributed by atoms with Crippen molar-refractivity contribution in [2.75, 3.05) is 7.11 Å². The predicted octanol–water partition coefficient (Wildman–Crippen LogP) is 4.47. The highest BCUT2D eigenvalue weighted by atomic mass is 19.4. The number of aromatic amines is 1. The SMILES string of the molecule is C#C/C=C(/OC)c1nc(-c2c(C)[nH]c3c(-c4ccc(C#N)cc4)c(C(F)(F)F)nn3c2=O)oc1C. The molecule has 3 aromatic heterocycles. The molecule has 0 atom stereocenters. The number of hydrogen-bond donors (Lipinski definition) is 1. The molecule has 0 saturated carbocycles. The van der Waals surface area contributed by atoms with Crippen molar-refractivity contribution in [1.29, 1.82) is 5.26 Å². The molecule has 35 heavy (non-hydrogen) atoms. The third-order valence-corrected chi connectivity index (χ3v) is 5.22. The van der Waals surface area contributed by atoms with Gasteiger partial charge in [-0.25, -0.2) is 4.98 Å². The monoisotopic (exact) mass is 479 g/mol. The predicted molar refractivity (Wildman–Crippen MR) is 120 cm³/mol. The van der Waals surface area contributed by atoms with Crippen LogP contribution in [0, 0.1) is 37.5 Å². The largest absolute Gasteiger partial charge is 0.494 e. The number of oxazole rings is 1. The van der Waals surface area contributed by atoms with Gasteiger partial charge in [0.05, 0.1) is 24.3 Å². The van der Waals surface area contributed by atoms with Gasteiger partial charge in [-0.2, -0.15) is 28.0 Å². The number of benzene rings is 1. The maximum absolute atomic E-state index is 13.9. The summed E-state index contributed by atoms with van der Waals surface area (Å²) in [5.41, 5.74) is -1.86. The van der Waals surface area contributed by atoms with Crippen LogP contribution in [0.2, 0.25) is 0 Å². The van der Waals surface area contributed by atoms with Crippen LogP contribution in [0.25, 0.3) is 34.0 Å². The van der Waals surface area contributed by atoms with E-state index in [1.807, 2.05) is 6.07 Å². The van der Waals surface area contributed by atoms with Gasteiger partial charge in [-0.1, -0.05) is 18.1 Å². The minimum atomic E-state index is -4.86. The van der Waals surface area contributed by atoms with E-state index in [1.54, 1.807) is 6.92 Å². The number of aromatic nitrogens is 4. The molecule has 0 aliphatic rings. The highest BCUT2D eigenvalue weighted by Gasteiger charge is 2.39. The first-order valence-corrected chi connectivity index (χ1v) is 10.0. The summed E-state index contributed by atoms with van der Waals surface area (Å²) in [6.07, 6.45) is 1.76. The van der Waals surface area contributed by atoms with E-state index < -0.39 is 17.4 Å².